The average molecular weight is 531 g/mol. The maximum absolute atomic E-state index is 11.8. The molecule has 10 nitrogen and oxygen atoms in total. The number of esters is 1. The highest BCUT2D eigenvalue weighted by molar-refractivity contribution is 5.89. The van der Waals surface area contributed by atoms with Gasteiger partial charge in [0.05, 0.1) is 91.5 Å². The highest BCUT2D eigenvalue weighted by atomic mass is 16.6. The monoisotopic (exact) mass is 530 g/mol. The molecule has 0 atom stereocenters. The molecule has 0 spiro atoms. The van der Waals surface area contributed by atoms with Gasteiger partial charge in [-0.3, -0.25) is 0 Å². The Balaban J connectivity index is 1.69. The van der Waals surface area contributed by atoms with E-state index < -0.39 is 5.97 Å². The van der Waals surface area contributed by atoms with Gasteiger partial charge in [0, 0.05) is 6.61 Å². The summed E-state index contributed by atoms with van der Waals surface area (Å²) in [6.07, 6.45) is 4.87. The largest absolute Gasteiger partial charge is 0.508 e. The average Bonchev–Trinajstić information content (AvgIpc) is 2.91. The number of hydrogen-bond acceptors (Lipinski definition) is 10. The van der Waals surface area contributed by atoms with Crippen LogP contribution in [0.25, 0.3) is 0 Å². The van der Waals surface area contributed by atoms with Gasteiger partial charge in [-0.25, -0.2) is 4.79 Å². The van der Waals surface area contributed by atoms with Gasteiger partial charge >= 0.3 is 5.97 Å². The molecule has 1 aromatic carbocycles. The molecule has 0 amide bonds. The Morgan fingerprint density at radius 3 is 1.32 bits per heavy atom. The lowest BCUT2D eigenvalue weighted by atomic mass is 10.2. The van der Waals surface area contributed by atoms with Crippen molar-refractivity contribution in [3.8, 4) is 5.75 Å². The molecule has 0 bridgehead atoms. The van der Waals surface area contributed by atoms with Crippen LogP contribution in [0.4, 0.5) is 0 Å². The summed E-state index contributed by atoms with van der Waals surface area (Å²) in [6.45, 7) is 9.59. The molecule has 1 N–H and O–H groups in total. The first-order valence-electron chi connectivity index (χ1n) is 13.2. The van der Waals surface area contributed by atoms with E-state index in [0.717, 1.165) is 13.0 Å². The van der Waals surface area contributed by atoms with Crippen LogP contribution in [0.15, 0.2) is 24.3 Å². The number of carbonyl (C=O) groups is 1. The van der Waals surface area contributed by atoms with Crippen LogP contribution < -0.4 is 0 Å². The molecule has 1 aromatic rings. The topological polar surface area (TPSA) is 111 Å². The quantitative estimate of drug-likeness (QED) is 0.134. The fourth-order valence-corrected chi connectivity index (χ4v) is 2.93. The Morgan fingerprint density at radius 2 is 0.919 bits per heavy atom. The maximum Gasteiger partial charge on any atom is 0.338 e. The number of phenols is 1. The number of unbranched alkanes of at least 4 members (excludes halogenated alkanes) is 3. The minimum atomic E-state index is -0.455. The molecule has 0 unspecified atom stereocenters. The number of rotatable bonds is 27. The highest BCUT2D eigenvalue weighted by Crippen LogP contribution is 2.10. The molecular weight excluding hydrogens is 484 g/mol. The number of phenolic OH excluding ortho intramolecular Hbond substituents is 1. The Kier molecular flexibility index (Phi) is 23.2. The van der Waals surface area contributed by atoms with E-state index in [1.807, 2.05) is 0 Å². The molecule has 214 valence electrons. The van der Waals surface area contributed by atoms with Crippen LogP contribution in [-0.4, -0.2) is 110 Å². The summed E-state index contributed by atoms with van der Waals surface area (Å²) in [4.78, 5) is 11.8. The molecule has 0 aliphatic carbocycles. The lowest BCUT2D eigenvalue weighted by Crippen LogP contribution is -2.15. The Bertz CT molecular complexity index is 626. The summed E-state index contributed by atoms with van der Waals surface area (Å²) in [5, 5.41) is 9.21. The SMILES string of the molecule is CCCCCCOCCOCCOCCOCCOCCOCCOCCOC(=O)c1ccc(O)cc1. The van der Waals surface area contributed by atoms with Crippen molar-refractivity contribution in [3.63, 3.8) is 0 Å². The van der Waals surface area contributed by atoms with Gasteiger partial charge in [-0.05, 0) is 30.7 Å². The molecule has 0 fully saturated rings. The van der Waals surface area contributed by atoms with Gasteiger partial charge in [0.1, 0.15) is 12.4 Å². The first kappa shape index (κ1) is 33.2. The first-order valence-corrected chi connectivity index (χ1v) is 13.2. The van der Waals surface area contributed by atoms with E-state index in [2.05, 4.69) is 6.92 Å². The molecule has 10 heteroatoms. The van der Waals surface area contributed by atoms with E-state index in [0.29, 0.717) is 84.8 Å². The molecule has 37 heavy (non-hydrogen) atoms. The smallest absolute Gasteiger partial charge is 0.338 e. The second-order valence-corrected chi connectivity index (χ2v) is 8.03. The zero-order valence-electron chi connectivity index (χ0n) is 22.4. The molecule has 0 aliphatic rings. The van der Waals surface area contributed by atoms with Crippen LogP contribution in [-0.2, 0) is 37.9 Å². The van der Waals surface area contributed by atoms with Gasteiger partial charge in [0.2, 0.25) is 0 Å². The van der Waals surface area contributed by atoms with E-state index >= 15 is 0 Å². The van der Waals surface area contributed by atoms with E-state index in [1.165, 1.54) is 43.5 Å². The van der Waals surface area contributed by atoms with Crippen LogP contribution in [0.1, 0.15) is 43.0 Å². The van der Waals surface area contributed by atoms with Gasteiger partial charge in [0.15, 0.2) is 0 Å². The third-order valence-corrected chi connectivity index (χ3v) is 4.94. The molecule has 1 rings (SSSR count). The van der Waals surface area contributed by atoms with Crippen LogP contribution >= 0.6 is 0 Å². The second-order valence-electron chi connectivity index (χ2n) is 8.03. The number of benzene rings is 1. The number of ether oxygens (including phenoxy) is 8. The van der Waals surface area contributed by atoms with Crippen LogP contribution in [0.3, 0.4) is 0 Å². The lowest BCUT2D eigenvalue weighted by Gasteiger charge is -2.09. The fourth-order valence-electron chi connectivity index (χ4n) is 2.93. The molecule has 0 aromatic heterocycles. The first-order chi connectivity index (χ1) is 18.2. The van der Waals surface area contributed by atoms with Crippen LogP contribution in [0.2, 0.25) is 0 Å². The summed E-state index contributed by atoms with van der Waals surface area (Å²) < 4.78 is 43.2. The summed E-state index contributed by atoms with van der Waals surface area (Å²) in [6, 6.07) is 5.87. The predicted molar refractivity (Wildman–Crippen MR) is 138 cm³/mol. The summed E-state index contributed by atoms with van der Waals surface area (Å²) in [5.41, 5.74) is 0.380. The highest BCUT2D eigenvalue weighted by Gasteiger charge is 2.06. The third-order valence-electron chi connectivity index (χ3n) is 4.94. The lowest BCUT2D eigenvalue weighted by molar-refractivity contribution is -0.0223. The molecule has 0 radical (unpaired) electrons. The Morgan fingerprint density at radius 1 is 0.541 bits per heavy atom. The number of aromatic hydroxyl groups is 1. The van der Waals surface area contributed by atoms with Gasteiger partial charge in [0.25, 0.3) is 0 Å². The second kappa shape index (κ2) is 25.8. The van der Waals surface area contributed by atoms with E-state index in [9.17, 15) is 9.90 Å². The van der Waals surface area contributed by atoms with Crippen molar-refractivity contribution in [3.05, 3.63) is 29.8 Å². The van der Waals surface area contributed by atoms with Gasteiger partial charge < -0.3 is 43.0 Å². The number of hydrogen-bond donors (Lipinski definition) is 1. The van der Waals surface area contributed by atoms with Crippen LogP contribution in [0.5, 0.6) is 5.75 Å². The van der Waals surface area contributed by atoms with Crippen molar-refractivity contribution in [2.45, 2.75) is 32.6 Å². The summed E-state index contributed by atoms with van der Waals surface area (Å²) in [7, 11) is 0. The van der Waals surface area contributed by atoms with Crippen molar-refractivity contribution in [2.24, 2.45) is 0 Å². The minimum Gasteiger partial charge on any atom is -0.508 e. The normalized spacial score (nSPS) is 11.2. The molecule has 0 saturated carbocycles. The van der Waals surface area contributed by atoms with Crippen molar-refractivity contribution in [1.82, 2.24) is 0 Å². The molecular formula is C27H46O10. The molecule has 0 saturated heterocycles. The maximum atomic E-state index is 11.8. The summed E-state index contributed by atoms with van der Waals surface area (Å²) in [5.74, 6) is -0.356. The van der Waals surface area contributed by atoms with Crippen LogP contribution in [0, 0.1) is 0 Å². The van der Waals surface area contributed by atoms with Crippen molar-refractivity contribution in [1.29, 1.82) is 0 Å². The number of carbonyl (C=O) groups excluding carboxylic acids is 1. The standard InChI is InChI=1S/C27H46O10/c1-2-3-4-5-10-30-11-12-31-13-14-32-15-16-33-17-18-34-19-20-35-21-22-36-23-24-37-27(29)25-6-8-26(28)9-7-25/h6-9,28H,2-5,10-24H2,1H3. The molecule has 0 heterocycles. The predicted octanol–water partition coefficient (Wildman–Crippen LogP) is 3.25. The van der Waals surface area contributed by atoms with Gasteiger partial charge in [-0.2, -0.15) is 0 Å². The Labute approximate surface area is 221 Å². The summed E-state index contributed by atoms with van der Waals surface area (Å²) >= 11 is 0. The van der Waals surface area contributed by atoms with E-state index in [-0.39, 0.29) is 19.0 Å². The molecule has 0 aliphatic heterocycles. The zero-order chi connectivity index (χ0) is 26.7. The van der Waals surface area contributed by atoms with Crippen molar-refractivity contribution in [2.75, 3.05) is 99.1 Å². The van der Waals surface area contributed by atoms with Crippen molar-refractivity contribution < 1.29 is 47.8 Å². The van der Waals surface area contributed by atoms with E-state index in [4.69, 9.17) is 37.9 Å². The Hall–Kier alpha value is -1.79. The minimum absolute atomic E-state index is 0.0993. The van der Waals surface area contributed by atoms with Crippen molar-refractivity contribution >= 4 is 5.97 Å². The fraction of sp³-hybridized carbons (Fsp3) is 0.741. The van der Waals surface area contributed by atoms with E-state index in [1.54, 1.807) is 0 Å². The van der Waals surface area contributed by atoms with Gasteiger partial charge in [-0.15, -0.1) is 0 Å². The zero-order valence-corrected chi connectivity index (χ0v) is 22.4. The van der Waals surface area contributed by atoms with Gasteiger partial charge in [-0.1, -0.05) is 26.2 Å². The third kappa shape index (κ3) is 22.0.